The van der Waals surface area contributed by atoms with Gasteiger partial charge in [-0.15, -0.1) is 0 Å². The molecule has 0 bridgehead atoms. The van der Waals surface area contributed by atoms with Crippen LogP contribution in [0.4, 0.5) is 34.1 Å². The molecule has 0 radical (unpaired) electrons. The van der Waals surface area contributed by atoms with Crippen molar-refractivity contribution in [2.45, 2.75) is 19.6 Å². The molecule has 4 aliphatic heterocycles. The van der Waals surface area contributed by atoms with E-state index in [0.717, 1.165) is 11.4 Å². The van der Waals surface area contributed by atoms with Crippen LogP contribution in [-0.4, -0.2) is 15.8 Å². The predicted molar refractivity (Wildman–Crippen MR) is 327 cm³/mol. The average molecular weight is 1010 g/mol. The molecule has 0 N–H and O–H groups in total. The molecule has 0 saturated carbocycles. The number of para-hydroxylation sites is 4. The SMILES string of the molecule is c1ccc2c(c1)Sc1ccccc1N2c1cc(N2c3ccccc3Sc3ccccc32)c2c3c1-n1c4ccc5ccccc5c4c4c5ccccc5cc(c41)B3c1cc3ccccc3c3c4c5ccccc5ccc4n-2c13. The van der Waals surface area contributed by atoms with E-state index in [0.29, 0.717) is 0 Å². The first-order valence-corrected chi connectivity index (χ1v) is 28.2. The Hall–Kier alpha value is -9.14. The summed E-state index contributed by atoms with van der Waals surface area (Å²) in [7, 11) is 0. The van der Waals surface area contributed by atoms with Crippen LogP contribution in [0.25, 0.3) is 98.1 Å². The van der Waals surface area contributed by atoms with E-state index in [2.05, 4.69) is 256 Å². The summed E-state index contributed by atoms with van der Waals surface area (Å²) in [5.41, 5.74) is 18.4. The van der Waals surface area contributed by atoms with Gasteiger partial charge in [0.2, 0.25) is 0 Å². The summed E-state index contributed by atoms with van der Waals surface area (Å²) in [6.07, 6.45) is 0. The van der Waals surface area contributed by atoms with E-state index in [1.807, 2.05) is 23.5 Å². The highest BCUT2D eigenvalue weighted by molar-refractivity contribution is 8.00. The molecule has 0 fully saturated rings. The van der Waals surface area contributed by atoms with E-state index < -0.39 is 0 Å². The maximum absolute atomic E-state index is 2.72. The Morgan fingerprint density at radius 3 is 1.03 bits per heavy atom. The average Bonchev–Trinajstić information content (AvgIpc) is 3.54. The van der Waals surface area contributed by atoms with Crippen molar-refractivity contribution in [2.24, 2.45) is 0 Å². The van der Waals surface area contributed by atoms with E-state index in [4.69, 9.17) is 0 Å². The molecule has 354 valence electrons. The van der Waals surface area contributed by atoms with Crippen molar-refractivity contribution in [1.29, 1.82) is 0 Å². The summed E-state index contributed by atoms with van der Waals surface area (Å²) in [5, 5.41) is 15.3. The molecule has 0 unspecified atom stereocenters. The highest BCUT2D eigenvalue weighted by atomic mass is 32.2. The van der Waals surface area contributed by atoms with Crippen LogP contribution >= 0.6 is 23.5 Å². The van der Waals surface area contributed by atoms with Crippen molar-refractivity contribution < 1.29 is 0 Å². The van der Waals surface area contributed by atoms with Gasteiger partial charge in [-0.2, -0.15) is 0 Å². The molecular weight excluding hydrogens is 972 g/mol. The molecule has 6 heterocycles. The van der Waals surface area contributed by atoms with Crippen LogP contribution in [0.2, 0.25) is 0 Å². The molecular formula is C70H39BN4S2. The van der Waals surface area contributed by atoms with Crippen molar-refractivity contribution in [1.82, 2.24) is 9.13 Å². The minimum atomic E-state index is -0.168. The molecule has 77 heavy (non-hydrogen) atoms. The van der Waals surface area contributed by atoms with Crippen LogP contribution in [0.5, 0.6) is 0 Å². The van der Waals surface area contributed by atoms with Crippen LogP contribution < -0.4 is 26.2 Å². The number of hydrogen-bond acceptors (Lipinski definition) is 4. The molecule has 2 aromatic heterocycles. The minimum Gasteiger partial charge on any atom is -0.308 e. The van der Waals surface area contributed by atoms with Gasteiger partial charge in [-0.25, -0.2) is 0 Å². The van der Waals surface area contributed by atoms with Crippen LogP contribution in [0, 0.1) is 0 Å². The first-order valence-electron chi connectivity index (χ1n) is 26.5. The van der Waals surface area contributed by atoms with E-state index in [1.165, 1.54) is 157 Å². The number of nitrogens with zero attached hydrogens (tertiary/aromatic N) is 4. The first kappa shape index (κ1) is 41.2. The van der Waals surface area contributed by atoms with Gasteiger partial charge >= 0.3 is 0 Å². The molecule has 0 amide bonds. The highest BCUT2D eigenvalue weighted by Crippen LogP contribution is 2.59. The van der Waals surface area contributed by atoms with Crippen LogP contribution in [0.3, 0.4) is 0 Å². The number of anilines is 6. The second-order valence-electron chi connectivity index (χ2n) is 21.1. The predicted octanol–water partition coefficient (Wildman–Crippen LogP) is 17.5. The third-order valence-electron chi connectivity index (χ3n) is 17.3. The molecule has 15 aromatic rings. The van der Waals surface area contributed by atoms with Gasteiger partial charge in [-0.05, 0) is 126 Å². The third kappa shape index (κ3) is 5.19. The molecule has 4 aliphatic rings. The fraction of sp³-hybridized carbons (Fsp3) is 0. The summed E-state index contributed by atoms with van der Waals surface area (Å²) in [6, 6.07) is 89.8. The summed E-state index contributed by atoms with van der Waals surface area (Å²) in [5.74, 6) is 0. The quantitative estimate of drug-likeness (QED) is 0.160. The van der Waals surface area contributed by atoms with Gasteiger partial charge < -0.3 is 18.9 Å². The lowest BCUT2D eigenvalue weighted by molar-refractivity contribution is 1.08. The Labute approximate surface area is 451 Å². The van der Waals surface area contributed by atoms with Gasteiger partial charge in [0, 0.05) is 41.1 Å². The van der Waals surface area contributed by atoms with E-state index in [9.17, 15) is 0 Å². The molecule has 0 saturated heterocycles. The molecule has 0 spiro atoms. The van der Waals surface area contributed by atoms with Crippen molar-refractivity contribution >= 4 is 167 Å². The summed E-state index contributed by atoms with van der Waals surface area (Å²) < 4.78 is 5.44. The zero-order valence-electron chi connectivity index (χ0n) is 41.2. The Bertz CT molecular complexity index is 4810. The molecule has 4 nitrogen and oxygen atoms in total. The highest BCUT2D eigenvalue weighted by Gasteiger charge is 2.47. The second kappa shape index (κ2) is 14.8. The van der Waals surface area contributed by atoms with Gasteiger partial charge in [-0.1, -0.05) is 193 Å². The summed E-state index contributed by atoms with van der Waals surface area (Å²) in [6.45, 7) is -0.168. The van der Waals surface area contributed by atoms with E-state index in [-0.39, 0.29) is 6.71 Å². The first-order chi connectivity index (χ1) is 38.2. The van der Waals surface area contributed by atoms with E-state index >= 15 is 0 Å². The third-order valence-corrected chi connectivity index (χ3v) is 19.6. The van der Waals surface area contributed by atoms with Gasteiger partial charge in [0.1, 0.15) is 0 Å². The summed E-state index contributed by atoms with van der Waals surface area (Å²) in [4.78, 5) is 10.2. The standard InChI is InChI=1S/C70H39BN4S2/c1-5-21-44-40(17-1)33-35-54-62(44)64-46-23-7-3-19-42(46)37-48-67(64)74(54)69-56(72-50-25-9-13-29-58(50)76-59-30-14-10-26-51(59)72)39-57(73-52-27-11-15-31-60(52)77-61-32-16-12-28-53(61)73)70-66(69)71(48)49-38-43-20-4-8-24-47(43)65-63-45-22-6-2-18-41(45)34-36-55(63)75(70)68(49)65/h1-39H. The maximum atomic E-state index is 2.72. The monoisotopic (exact) mass is 1010 g/mol. The molecule has 13 aromatic carbocycles. The lowest BCUT2D eigenvalue weighted by atomic mass is 9.34. The van der Waals surface area contributed by atoms with Crippen LogP contribution in [0.15, 0.2) is 256 Å². The van der Waals surface area contributed by atoms with Gasteiger partial charge in [0.25, 0.3) is 6.71 Å². The van der Waals surface area contributed by atoms with Crippen molar-refractivity contribution in [2.75, 3.05) is 9.80 Å². The fourth-order valence-electron chi connectivity index (χ4n) is 14.4. The van der Waals surface area contributed by atoms with Crippen LogP contribution in [0.1, 0.15) is 0 Å². The number of aromatic nitrogens is 2. The zero-order valence-corrected chi connectivity index (χ0v) is 42.8. The summed E-state index contributed by atoms with van der Waals surface area (Å²) >= 11 is 3.73. The Morgan fingerprint density at radius 2 is 0.623 bits per heavy atom. The fourth-order valence-corrected chi connectivity index (χ4v) is 16.5. The molecule has 0 atom stereocenters. The van der Waals surface area contributed by atoms with Crippen molar-refractivity contribution in [3.8, 4) is 11.4 Å². The van der Waals surface area contributed by atoms with Crippen molar-refractivity contribution in [3.05, 3.63) is 237 Å². The Morgan fingerprint density at radius 1 is 0.286 bits per heavy atom. The number of fused-ring (bicyclic) bond motifs is 22. The number of benzene rings is 13. The molecule has 19 rings (SSSR count). The Kier molecular flexibility index (Phi) is 7.93. The lowest BCUT2D eigenvalue weighted by Gasteiger charge is -2.42. The largest absolute Gasteiger partial charge is 0.308 e. The van der Waals surface area contributed by atoms with Crippen molar-refractivity contribution in [3.63, 3.8) is 0 Å². The van der Waals surface area contributed by atoms with E-state index in [1.54, 1.807) is 0 Å². The topological polar surface area (TPSA) is 16.3 Å². The number of rotatable bonds is 2. The van der Waals surface area contributed by atoms with Gasteiger partial charge in [-0.3, -0.25) is 0 Å². The minimum absolute atomic E-state index is 0.168. The van der Waals surface area contributed by atoms with Gasteiger partial charge in [0.15, 0.2) is 0 Å². The van der Waals surface area contributed by atoms with Crippen LogP contribution in [-0.2, 0) is 0 Å². The zero-order chi connectivity index (χ0) is 49.8. The normalized spacial score (nSPS) is 13.8. The maximum Gasteiger partial charge on any atom is 0.252 e. The lowest BCUT2D eigenvalue weighted by Crippen LogP contribution is -2.60. The molecule has 0 aliphatic carbocycles. The number of hydrogen-bond donors (Lipinski definition) is 0. The van der Waals surface area contributed by atoms with Gasteiger partial charge in [0.05, 0.1) is 67.6 Å². The Balaban J connectivity index is 1.12. The second-order valence-corrected chi connectivity index (χ2v) is 23.2. The smallest absolute Gasteiger partial charge is 0.252 e. The molecule has 7 heteroatoms.